The fraction of sp³-hybridized carbons (Fsp3) is 0.385. The molecule has 0 saturated carbocycles. The molecule has 0 saturated heterocycles. The third kappa shape index (κ3) is 4.27. The lowest BCUT2D eigenvalue weighted by Gasteiger charge is -2.24. The molecule has 0 bridgehead atoms. The Kier molecular flexibility index (Phi) is 6.68. The van der Waals surface area contributed by atoms with Gasteiger partial charge in [0, 0.05) is 31.5 Å². The van der Waals surface area contributed by atoms with Crippen molar-refractivity contribution in [2.24, 2.45) is 0 Å². The predicted octanol–water partition coefficient (Wildman–Crippen LogP) is 3.85. The maximum Gasteiger partial charge on any atom is 0.302 e. The molecule has 1 aliphatic rings. The van der Waals surface area contributed by atoms with E-state index in [0.717, 1.165) is 22.4 Å². The van der Waals surface area contributed by atoms with Gasteiger partial charge >= 0.3 is 5.97 Å². The Morgan fingerprint density at radius 1 is 1.18 bits per heavy atom. The van der Waals surface area contributed by atoms with Gasteiger partial charge < -0.3 is 14.8 Å². The third-order valence-corrected chi connectivity index (χ3v) is 6.21. The third-order valence-electron chi connectivity index (χ3n) is 6.21. The average molecular weight is 463 g/mol. The number of pyridine rings is 1. The van der Waals surface area contributed by atoms with Gasteiger partial charge in [-0.05, 0) is 37.5 Å². The zero-order valence-corrected chi connectivity index (χ0v) is 20.2. The van der Waals surface area contributed by atoms with Gasteiger partial charge in [-0.25, -0.2) is 9.97 Å². The summed E-state index contributed by atoms with van der Waals surface area (Å²) in [5, 5.41) is 3.42. The zero-order valence-electron chi connectivity index (χ0n) is 20.2. The van der Waals surface area contributed by atoms with Crippen LogP contribution in [0.4, 0.5) is 5.69 Å². The summed E-state index contributed by atoms with van der Waals surface area (Å²) in [7, 11) is 1.57. The molecule has 0 amide bonds. The van der Waals surface area contributed by atoms with Crippen LogP contribution in [0.25, 0.3) is 11.4 Å². The minimum absolute atomic E-state index is 0.162. The number of aromatic nitrogens is 3. The molecule has 2 heterocycles. The Morgan fingerprint density at radius 3 is 2.59 bits per heavy atom. The van der Waals surface area contributed by atoms with Gasteiger partial charge in [-0.1, -0.05) is 31.2 Å². The fourth-order valence-electron chi connectivity index (χ4n) is 4.59. The van der Waals surface area contributed by atoms with Gasteiger partial charge in [-0.2, -0.15) is 0 Å². The number of aryl methyl sites for hydroxylation is 2. The highest BCUT2D eigenvalue weighted by Crippen LogP contribution is 2.36. The summed E-state index contributed by atoms with van der Waals surface area (Å²) in [6, 6.07) is 11.3. The molecule has 2 atom stereocenters. The molecule has 8 nitrogen and oxygen atoms in total. The van der Waals surface area contributed by atoms with Gasteiger partial charge in [0.2, 0.25) is 5.88 Å². The highest BCUT2D eigenvalue weighted by Gasteiger charge is 2.36. The van der Waals surface area contributed by atoms with Crippen molar-refractivity contribution >= 4 is 11.7 Å². The summed E-state index contributed by atoms with van der Waals surface area (Å²) >= 11 is 0. The molecule has 1 aliphatic carbocycles. The lowest BCUT2D eigenvalue weighted by atomic mass is 10.1. The largest absolute Gasteiger partial charge is 0.481 e. The molecule has 2 aromatic heterocycles. The van der Waals surface area contributed by atoms with Gasteiger partial charge in [0.15, 0.2) is 0 Å². The summed E-state index contributed by atoms with van der Waals surface area (Å²) in [6.45, 7) is 7.61. The van der Waals surface area contributed by atoms with E-state index in [9.17, 15) is 9.59 Å². The van der Waals surface area contributed by atoms with E-state index in [2.05, 4.69) is 10.3 Å². The number of esters is 1. The summed E-state index contributed by atoms with van der Waals surface area (Å²) in [4.78, 5) is 34.9. The van der Waals surface area contributed by atoms with Crippen LogP contribution in [-0.4, -0.2) is 33.7 Å². The number of hydrogen-bond donors (Lipinski definition) is 1. The molecule has 0 aliphatic heterocycles. The van der Waals surface area contributed by atoms with E-state index in [4.69, 9.17) is 14.5 Å². The first-order chi connectivity index (χ1) is 16.4. The van der Waals surface area contributed by atoms with Gasteiger partial charge in [-0.15, -0.1) is 0 Å². The van der Waals surface area contributed by atoms with Crippen molar-refractivity contribution in [2.75, 3.05) is 12.4 Å². The van der Waals surface area contributed by atoms with Crippen LogP contribution in [0.15, 0.2) is 41.2 Å². The van der Waals surface area contributed by atoms with E-state index in [1.54, 1.807) is 17.7 Å². The number of benzene rings is 1. The number of ether oxygens (including phenoxy) is 2. The SMILES string of the molecule is CCc1nc(-c2ccc(OC)nc2C)n(CC)c(=O)c1NC1c2ccccc2CC1OC(C)=O. The Balaban J connectivity index is 1.81. The lowest BCUT2D eigenvalue weighted by molar-refractivity contribution is -0.146. The van der Waals surface area contributed by atoms with Crippen LogP contribution >= 0.6 is 0 Å². The van der Waals surface area contributed by atoms with E-state index in [0.29, 0.717) is 42.5 Å². The molecule has 8 heteroatoms. The molecule has 34 heavy (non-hydrogen) atoms. The maximum atomic E-state index is 13.7. The number of hydrogen-bond acceptors (Lipinski definition) is 7. The van der Waals surface area contributed by atoms with Gasteiger partial charge in [0.05, 0.1) is 24.5 Å². The average Bonchev–Trinajstić information content (AvgIpc) is 3.16. The van der Waals surface area contributed by atoms with Crippen LogP contribution in [0, 0.1) is 6.92 Å². The van der Waals surface area contributed by atoms with E-state index >= 15 is 0 Å². The van der Waals surface area contributed by atoms with Gasteiger partial charge in [-0.3, -0.25) is 14.2 Å². The Labute approximate surface area is 199 Å². The van der Waals surface area contributed by atoms with Crippen LogP contribution in [-0.2, 0) is 28.9 Å². The van der Waals surface area contributed by atoms with E-state index in [-0.39, 0.29) is 17.6 Å². The van der Waals surface area contributed by atoms with Crippen molar-refractivity contribution in [2.45, 2.75) is 59.2 Å². The first kappa shape index (κ1) is 23.5. The Morgan fingerprint density at radius 2 is 1.94 bits per heavy atom. The van der Waals surface area contributed by atoms with E-state index in [1.807, 2.05) is 51.1 Å². The number of methoxy groups -OCH3 is 1. The number of anilines is 1. The predicted molar refractivity (Wildman–Crippen MR) is 130 cm³/mol. The second kappa shape index (κ2) is 9.67. The topological polar surface area (TPSA) is 95.3 Å². The maximum absolute atomic E-state index is 13.7. The minimum Gasteiger partial charge on any atom is -0.481 e. The number of rotatable bonds is 7. The second-order valence-electron chi connectivity index (χ2n) is 8.32. The van der Waals surface area contributed by atoms with Crippen molar-refractivity contribution in [1.29, 1.82) is 0 Å². The molecule has 4 rings (SSSR count). The fourth-order valence-corrected chi connectivity index (χ4v) is 4.59. The van der Waals surface area contributed by atoms with Crippen LogP contribution in [0.2, 0.25) is 0 Å². The number of carbonyl (C=O) groups excluding carboxylic acids is 1. The van der Waals surface area contributed by atoms with Gasteiger partial charge in [0.25, 0.3) is 5.56 Å². The summed E-state index contributed by atoms with van der Waals surface area (Å²) in [6.07, 6.45) is 0.755. The number of nitrogens with zero attached hydrogens (tertiary/aromatic N) is 3. The molecular formula is C26H30N4O4. The molecule has 0 radical (unpaired) electrons. The normalized spacial score (nSPS) is 16.7. The highest BCUT2D eigenvalue weighted by molar-refractivity contribution is 5.67. The first-order valence-corrected chi connectivity index (χ1v) is 11.5. The number of nitrogens with one attached hydrogen (secondary N) is 1. The smallest absolute Gasteiger partial charge is 0.302 e. The van der Waals surface area contributed by atoms with Crippen LogP contribution < -0.4 is 15.6 Å². The highest BCUT2D eigenvalue weighted by atomic mass is 16.5. The molecular weight excluding hydrogens is 432 g/mol. The standard InChI is InChI=1S/C26H30N4O4/c1-6-20-24(29-23-19-11-9-8-10-17(19)14-21(23)34-16(4)31)26(32)30(7-2)25(28-20)18-12-13-22(33-5)27-15(18)3/h8-13,21,23,29H,6-7,14H2,1-5H3. The second-order valence-corrected chi connectivity index (χ2v) is 8.32. The first-order valence-electron chi connectivity index (χ1n) is 11.5. The Hall–Kier alpha value is -3.68. The van der Waals surface area contributed by atoms with Crippen molar-refractivity contribution in [3.05, 3.63) is 69.3 Å². The molecule has 178 valence electrons. The minimum atomic E-state index is -0.401. The molecule has 3 aromatic rings. The van der Waals surface area contributed by atoms with Crippen molar-refractivity contribution in [1.82, 2.24) is 14.5 Å². The summed E-state index contributed by atoms with van der Waals surface area (Å²) in [5.74, 6) is 0.741. The lowest BCUT2D eigenvalue weighted by Crippen LogP contribution is -2.33. The van der Waals surface area contributed by atoms with E-state index in [1.165, 1.54) is 6.92 Å². The quantitative estimate of drug-likeness (QED) is 0.533. The Bertz CT molecular complexity index is 1280. The summed E-state index contributed by atoms with van der Waals surface area (Å²) < 4.78 is 12.5. The van der Waals surface area contributed by atoms with Crippen molar-refractivity contribution in [3.63, 3.8) is 0 Å². The molecule has 1 aromatic carbocycles. The number of fused-ring (bicyclic) bond motifs is 1. The zero-order chi connectivity index (χ0) is 24.4. The van der Waals surface area contributed by atoms with Crippen molar-refractivity contribution < 1.29 is 14.3 Å². The summed E-state index contributed by atoms with van der Waals surface area (Å²) in [5.41, 5.74) is 4.57. The van der Waals surface area contributed by atoms with Gasteiger partial charge in [0.1, 0.15) is 17.6 Å². The van der Waals surface area contributed by atoms with Crippen molar-refractivity contribution in [3.8, 4) is 17.3 Å². The van der Waals surface area contributed by atoms with E-state index < -0.39 is 6.10 Å². The molecule has 0 fully saturated rings. The van der Waals surface area contributed by atoms with Crippen LogP contribution in [0.3, 0.4) is 0 Å². The molecule has 1 N–H and O–H groups in total. The molecule has 2 unspecified atom stereocenters. The monoisotopic (exact) mass is 462 g/mol. The van der Waals surface area contributed by atoms with Crippen LogP contribution in [0.5, 0.6) is 5.88 Å². The van der Waals surface area contributed by atoms with Crippen LogP contribution in [0.1, 0.15) is 49.3 Å². The molecule has 0 spiro atoms. The number of carbonyl (C=O) groups is 1.